The maximum Gasteiger partial charge on any atom is 0.342 e. The summed E-state index contributed by atoms with van der Waals surface area (Å²) in [4.78, 5) is 20.8. The van der Waals surface area contributed by atoms with Gasteiger partial charge in [-0.2, -0.15) is 0 Å². The fourth-order valence-electron chi connectivity index (χ4n) is 3.77. The molecule has 188 valence electrons. The topological polar surface area (TPSA) is 67.4 Å². The lowest BCUT2D eigenvalue weighted by atomic mass is 9.82. The number of aromatic nitrogens is 2. The van der Waals surface area contributed by atoms with Crippen LogP contribution in [0.4, 0.5) is 0 Å². The number of halogens is 3. The van der Waals surface area contributed by atoms with Crippen molar-refractivity contribution in [2.75, 3.05) is 6.54 Å². The van der Waals surface area contributed by atoms with Gasteiger partial charge in [0, 0.05) is 35.8 Å². The number of nitrogens with zero attached hydrogens (tertiary/aromatic N) is 2. The summed E-state index contributed by atoms with van der Waals surface area (Å²) in [5, 5.41) is 2.23. The molecule has 0 amide bonds. The first-order valence-corrected chi connectivity index (χ1v) is 13.1. The molecule has 0 fully saturated rings. The van der Waals surface area contributed by atoms with E-state index in [4.69, 9.17) is 43.7 Å². The van der Waals surface area contributed by atoms with Gasteiger partial charge in [-0.15, -0.1) is 0 Å². The van der Waals surface area contributed by atoms with E-state index in [2.05, 4.69) is 23.8 Å². The van der Waals surface area contributed by atoms with E-state index in [0.717, 1.165) is 23.2 Å². The van der Waals surface area contributed by atoms with Crippen LogP contribution in [0.5, 0.6) is 5.75 Å². The Morgan fingerprint density at radius 2 is 1.89 bits per heavy atom. The molecule has 3 aromatic rings. The van der Waals surface area contributed by atoms with Gasteiger partial charge in [0.1, 0.15) is 17.0 Å². The zero-order chi connectivity index (χ0) is 25.9. The fraction of sp³-hybridized carbons (Fsp3) is 0.360. The lowest BCUT2D eigenvalue weighted by Crippen LogP contribution is -2.30. The van der Waals surface area contributed by atoms with E-state index >= 15 is 0 Å². The number of nitrogens with one attached hydrogen (secondary N) is 1. The third-order valence-corrected chi connectivity index (χ3v) is 6.71. The maximum atomic E-state index is 13.1. The van der Waals surface area contributed by atoms with Crippen LogP contribution in [0.3, 0.4) is 0 Å². The first kappa shape index (κ1) is 27.5. The van der Waals surface area contributed by atoms with Gasteiger partial charge in [-0.25, -0.2) is 9.78 Å². The number of hydrogen-bond donors (Lipinski definition) is 1. The van der Waals surface area contributed by atoms with Gasteiger partial charge in [-0.05, 0) is 37.6 Å². The number of pyridine rings is 1. The largest absolute Gasteiger partial charge is 0.459 e. The van der Waals surface area contributed by atoms with Crippen LogP contribution in [-0.2, 0) is 14.9 Å². The number of benzene rings is 1. The summed E-state index contributed by atoms with van der Waals surface area (Å²) in [6.45, 7) is 12.3. The van der Waals surface area contributed by atoms with Crippen LogP contribution in [0.1, 0.15) is 52.8 Å². The second kappa shape index (κ2) is 11.3. The van der Waals surface area contributed by atoms with E-state index in [1.54, 1.807) is 30.6 Å². The van der Waals surface area contributed by atoms with Crippen LogP contribution in [0.15, 0.2) is 36.7 Å². The highest BCUT2D eigenvalue weighted by atomic mass is 35.5. The molecule has 0 bridgehead atoms. The molecule has 0 spiro atoms. The Morgan fingerprint density at radius 3 is 2.54 bits per heavy atom. The molecule has 1 aliphatic rings. The molecule has 35 heavy (non-hydrogen) atoms. The summed E-state index contributed by atoms with van der Waals surface area (Å²) in [7, 11) is 0. The Kier molecular flexibility index (Phi) is 8.91. The van der Waals surface area contributed by atoms with E-state index in [9.17, 15) is 4.79 Å². The van der Waals surface area contributed by atoms with Gasteiger partial charge < -0.3 is 13.9 Å². The molecule has 2 aromatic heterocycles. The lowest BCUT2D eigenvalue weighted by Gasteiger charge is -2.29. The predicted octanol–water partition coefficient (Wildman–Crippen LogP) is 8.08. The highest BCUT2D eigenvalue weighted by Gasteiger charge is 2.37. The fourth-order valence-corrected chi connectivity index (χ4v) is 5.03. The van der Waals surface area contributed by atoms with Crippen LogP contribution in [-0.4, -0.2) is 32.9 Å². The molecule has 0 unspecified atom stereocenters. The summed E-state index contributed by atoms with van der Waals surface area (Å²) >= 11 is 19.5. The number of ether oxygens (including phenoxy) is 1. The quantitative estimate of drug-likeness (QED) is 0.195. The molecule has 3 heterocycles. The number of esters is 1. The van der Waals surface area contributed by atoms with E-state index in [-0.39, 0.29) is 6.10 Å². The van der Waals surface area contributed by atoms with Crippen LogP contribution < -0.4 is 4.18 Å². The van der Waals surface area contributed by atoms with E-state index in [1.807, 2.05) is 38.1 Å². The number of rotatable bonds is 5. The highest BCUT2D eigenvalue weighted by molar-refractivity contribution is 7.92. The van der Waals surface area contributed by atoms with Crippen molar-refractivity contribution in [3.63, 3.8) is 0 Å². The summed E-state index contributed by atoms with van der Waals surface area (Å²) in [5.74, 6) is 0.0952. The molecule has 0 atom stereocenters. The Morgan fingerprint density at radius 1 is 1.17 bits per heavy atom. The first-order chi connectivity index (χ1) is 16.5. The molecule has 0 saturated carbocycles. The standard InChI is InChI=1S/C23H22Cl3N3O3S.C2H6/c1-12(2)31-22(30)16-10-29(33-32-14-5-6-17(25)18(26)8-14)11-23(3,4)19-15-7-13(24)9-27-21(15)28-20(16)19;1-2/h5-10,12H,11H2,1-4H3,(H,27,28);1-2H3. The van der Waals surface area contributed by atoms with Crippen molar-refractivity contribution in [1.29, 1.82) is 0 Å². The number of H-pyrrole nitrogens is 1. The number of fused-ring (bicyclic) bond motifs is 3. The van der Waals surface area contributed by atoms with Crippen molar-refractivity contribution in [2.45, 2.75) is 53.1 Å². The molecule has 10 heteroatoms. The number of aromatic amines is 1. The Bertz CT molecular complexity index is 1260. The summed E-state index contributed by atoms with van der Waals surface area (Å²) in [6.07, 6.45) is 3.04. The first-order valence-electron chi connectivity index (χ1n) is 11.2. The normalized spacial score (nSPS) is 14.6. The third-order valence-electron chi connectivity index (χ3n) is 5.07. The number of hydrogen-bond acceptors (Lipinski definition) is 6. The number of carbonyl (C=O) groups excluding carboxylic acids is 1. The molecule has 1 N–H and O–H groups in total. The van der Waals surface area contributed by atoms with Crippen LogP contribution in [0.2, 0.25) is 15.1 Å². The molecule has 1 aliphatic heterocycles. The van der Waals surface area contributed by atoms with Gasteiger partial charge in [-0.3, -0.25) is 4.31 Å². The van der Waals surface area contributed by atoms with Crippen molar-refractivity contribution in [2.24, 2.45) is 0 Å². The van der Waals surface area contributed by atoms with Crippen LogP contribution >= 0.6 is 47.0 Å². The zero-order valence-electron chi connectivity index (χ0n) is 20.4. The van der Waals surface area contributed by atoms with E-state index in [0.29, 0.717) is 44.3 Å². The number of carbonyl (C=O) groups is 1. The van der Waals surface area contributed by atoms with Gasteiger partial charge >= 0.3 is 5.97 Å². The summed E-state index contributed by atoms with van der Waals surface area (Å²) < 4.78 is 13.3. The highest BCUT2D eigenvalue weighted by Crippen LogP contribution is 2.42. The van der Waals surface area contributed by atoms with Crippen LogP contribution in [0.25, 0.3) is 16.6 Å². The second-order valence-electron chi connectivity index (χ2n) is 8.61. The minimum atomic E-state index is -0.443. The average molecular weight is 557 g/mol. The molecule has 6 nitrogen and oxygen atoms in total. The van der Waals surface area contributed by atoms with Gasteiger partial charge in [0.2, 0.25) is 0 Å². The van der Waals surface area contributed by atoms with Crippen molar-refractivity contribution in [1.82, 2.24) is 14.3 Å². The predicted molar refractivity (Wildman–Crippen MR) is 146 cm³/mol. The van der Waals surface area contributed by atoms with Crippen molar-refractivity contribution in [3.05, 3.63) is 63.0 Å². The Balaban J connectivity index is 0.00000167. The summed E-state index contributed by atoms with van der Waals surface area (Å²) in [5.41, 5.74) is 2.24. The van der Waals surface area contributed by atoms with Gasteiger partial charge in [0.15, 0.2) is 12.2 Å². The average Bonchev–Trinajstić information content (AvgIpc) is 3.12. The lowest BCUT2D eigenvalue weighted by molar-refractivity contribution is -0.140. The monoisotopic (exact) mass is 555 g/mol. The minimum absolute atomic E-state index is 0.274. The Hall–Kier alpha value is -2.06. The molecular weight excluding hydrogens is 529 g/mol. The van der Waals surface area contributed by atoms with E-state index in [1.165, 1.54) is 0 Å². The van der Waals surface area contributed by atoms with Crippen LogP contribution in [0, 0.1) is 0 Å². The second-order valence-corrected chi connectivity index (χ2v) is 10.6. The summed E-state index contributed by atoms with van der Waals surface area (Å²) in [6, 6.07) is 6.90. The van der Waals surface area contributed by atoms with Crippen molar-refractivity contribution in [3.8, 4) is 5.75 Å². The van der Waals surface area contributed by atoms with Gasteiger partial charge in [-0.1, -0.05) is 62.5 Å². The third kappa shape index (κ3) is 6.20. The van der Waals surface area contributed by atoms with Gasteiger partial charge in [0.25, 0.3) is 0 Å². The minimum Gasteiger partial charge on any atom is -0.459 e. The molecule has 4 rings (SSSR count). The smallest absolute Gasteiger partial charge is 0.342 e. The van der Waals surface area contributed by atoms with Gasteiger partial charge in [0.05, 0.1) is 26.9 Å². The maximum absolute atomic E-state index is 13.1. The molecule has 0 saturated heterocycles. The molecule has 1 aromatic carbocycles. The Labute approximate surface area is 225 Å². The van der Waals surface area contributed by atoms with Crippen molar-refractivity contribution < 1.29 is 13.7 Å². The molecular formula is C25H28Cl3N3O3S. The van der Waals surface area contributed by atoms with E-state index < -0.39 is 11.4 Å². The molecule has 0 aliphatic carbocycles. The SMILES string of the molecule is CC.CC(C)OC(=O)C1=CN(SOc2ccc(Cl)c(Cl)c2)CC(C)(C)c2c1[nH]c1ncc(Cl)cc21. The molecule has 0 radical (unpaired) electrons. The van der Waals surface area contributed by atoms with Crippen molar-refractivity contribution >= 4 is 69.6 Å². The zero-order valence-corrected chi connectivity index (χ0v) is 23.5.